The summed E-state index contributed by atoms with van der Waals surface area (Å²) in [7, 11) is 0. The molecule has 80 valence electrons. The van der Waals surface area contributed by atoms with E-state index in [1.807, 2.05) is 0 Å². The van der Waals surface area contributed by atoms with Crippen LogP contribution >= 0.6 is 0 Å². The van der Waals surface area contributed by atoms with E-state index in [4.69, 9.17) is 0 Å². The zero-order valence-corrected chi connectivity index (χ0v) is 8.39. The average molecular weight is 230 g/mol. The number of hydrogen-bond donors (Lipinski definition) is 0. The number of non-ortho nitro benzene ring substituents is 1. The molecule has 0 aliphatic heterocycles. The molecule has 0 saturated heterocycles. The molecule has 0 bridgehead atoms. The summed E-state index contributed by atoms with van der Waals surface area (Å²) < 4.78 is 11.1. The van der Waals surface area contributed by atoms with Crippen molar-refractivity contribution in [1.29, 1.82) is 0 Å². The molecule has 0 aliphatic carbocycles. The lowest BCUT2D eigenvalue weighted by molar-refractivity contribution is -0.396. The third-order valence-electron chi connectivity index (χ3n) is 1.66. The molecule has 0 fully saturated rings. The van der Waals surface area contributed by atoms with Gasteiger partial charge in [-0.3, -0.25) is 20.2 Å². The molecular formula is C7H6N2O5S. The molecular weight excluding hydrogens is 224 g/mol. The summed E-state index contributed by atoms with van der Waals surface area (Å²) in [6.45, 7) is 0. The molecule has 0 radical (unpaired) electrons. The Hall–Kier alpha value is -1.67. The van der Waals surface area contributed by atoms with Gasteiger partial charge in [0.2, 0.25) is 4.90 Å². The minimum absolute atomic E-state index is 0.0226. The van der Waals surface area contributed by atoms with Gasteiger partial charge in [-0.05, 0) is 11.2 Å². The predicted molar refractivity (Wildman–Crippen MR) is 52.1 cm³/mol. The van der Waals surface area contributed by atoms with Crippen LogP contribution in [0.3, 0.4) is 0 Å². The van der Waals surface area contributed by atoms with E-state index in [1.54, 1.807) is 0 Å². The monoisotopic (exact) mass is 230 g/mol. The van der Waals surface area contributed by atoms with Crippen molar-refractivity contribution in [1.82, 2.24) is 0 Å². The van der Waals surface area contributed by atoms with Gasteiger partial charge in [0.25, 0.3) is 5.69 Å². The Bertz CT molecular complexity index is 420. The first-order chi connectivity index (χ1) is 6.93. The number of nitro benzene ring substituents is 2. The van der Waals surface area contributed by atoms with Crippen LogP contribution in [0.25, 0.3) is 0 Å². The van der Waals surface area contributed by atoms with Crippen molar-refractivity contribution in [2.75, 3.05) is 6.26 Å². The predicted octanol–water partition coefficient (Wildman–Crippen LogP) is 1.24. The lowest BCUT2D eigenvalue weighted by atomic mass is 10.3. The lowest BCUT2D eigenvalue weighted by Gasteiger charge is -2.03. The van der Waals surface area contributed by atoms with Crippen LogP contribution in [0.15, 0.2) is 23.1 Å². The van der Waals surface area contributed by atoms with Crippen LogP contribution in [0.5, 0.6) is 0 Å². The Morgan fingerprint density at radius 2 is 1.80 bits per heavy atom. The highest BCUT2D eigenvalue weighted by Crippen LogP contribution is 2.27. The van der Waals surface area contributed by atoms with Crippen molar-refractivity contribution >= 4 is 22.6 Å². The second kappa shape index (κ2) is 4.24. The first-order valence-electron chi connectivity index (χ1n) is 3.69. The fourth-order valence-corrected chi connectivity index (χ4v) is 1.69. The number of nitro groups is 2. The first-order valence-corrected chi connectivity index (χ1v) is 5.25. The maximum atomic E-state index is 11.1. The van der Waals surface area contributed by atoms with Gasteiger partial charge in [0.15, 0.2) is 0 Å². The van der Waals surface area contributed by atoms with E-state index in [0.717, 1.165) is 18.2 Å². The van der Waals surface area contributed by atoms with E-state index in [-0.39, 0.29) is 4.90 Å². The molecule has 0 amide bonds. The Morgan fingerprint density at radius 1 is 1.20 bits per heavy atom. The van der Waals surface area contributed by atoms with Gasteiger partial charge in [-0.1, -0.05) is 0 Å². The average Bonchev–Trinajstić information content (AvgIpc) is 2.16. The molecule has 0 spiro atoms. The van der Waals surface area contributed by atoms with Crippen LogP contribution in [0, 0.1) is 20.2 Å². The fraction of sp³-hybridized carbons (Fsp3) is 0.143. The molecule has 8 heteroatoms. The van der Waals surface area contributed by atoms with Gasteiger partial charge >= 0.3 is 5.69 Å². The van der Waals surface area contributed by atoms with Crippen molar-refractivity contribution in [3.8, 4) is 0 Å². The quantitative estimate of drug-likeness (QED) is 0.440. The number of nitrogens with zero attached hydrogens (tertiary/aromatic N) is 2. The second-order valence-corrected chi connectivity index (χ2v) is 3.97. The van der Waals surface area contributed by atoms with Gasteiger partial charge < -0.3 is 4.55 Å². The van der Waals surface area contributed by atoms with Crippen LogP contribution in [0.1, 0.15) is 0 Å². The summed E-state index contributed by atoms with van der Waals surface area (Å²) >= 11 is -1.55. The largest absolute Gasteiger partial charge is 0.611 e. The van der Waals surface area contributed by atoms with Crippen LogP contribution in [0.2, 0.25) is 0 Å². The van der Waals surface area contributed by atoms with Crippen molar-refractivity contribution < 1.29 is 14.4 Å². The molecule has 1 unspecified atom stereocenters. The SMILES string of the molecule is C[S+]([O-])c1ccc([N+](=O)[O-])cc1[N+](=O)[O-]. The maximum absolute atomic E-state index is 11.1. The minimum atomic E-state index is -1.55. The third kappa shape index (κ3) is 2.42. The Balaban J connectivity index is 3.33. The lowest BCUT2D eigenvalue weighted by Crippen LogP contribution is -2.03. The molecule has 1 rings (SSSR count). The van der Waals surface area contributed by atoms with Gasteiger partial charge in [-0.15, -0.1) is 0 Å². The zero-order chi connectivity index (χ0) is 11.6. The highest BCUT2D eigenvalue weighted by molar-refractivity contribution is 7.90. The number of rotatable bonds is 3. The van der Waals surface area contributed by atoms with Gasteiger partial charge in [0.1, 0.15) is 6.26 Å². The molecule has 1 aromatic rings. The molecule has 15 heavy (non-hydrogen) atoms. The van der Waals surface area contributed by atoms with Gasteiger partial charge in [0, 0.05) is 12.1 Å². The van der Waals surface area contributed by atoms with Crippen molar-refractivity contribution in [3.63, 3.8) is 0 Å². The highest BCUT2D eigenvalue weighted by Gasteiger charge is 2.25. The van der Waals surface area contributed by atoms with Crippen LogP contribution < -0.4 is 0 Å². The normalized spacial score (nSPS) is 12.1. The summed E-state index contributed by atoms with van der Waals surface area (Å²) in [5.74, 6) is 0. The summed E-state index contributed by atoms with van der Waals surface area (Å²) in [5.41, 5.74) is -0.888. The molecule has 1 aromatic carbocycles. The molecule has 0 saturated carbocycles. The van der Waals surface area contributed by atoms with Crippen molar-refractivity contribution in [3.05, 3.63) is 38.4 Å². The summed E-state index contributed by atoms with van der Waals surface area (Å²) in [6, 6.07) is 3.02. The molecule has 1 atom stereocenters. The molecule has 0 heterocycles. The standard InChI is InChI=1S/C7H6N2O5S/c1-15(14)7-3-2-5(8(10)11)4-6(7)9(12)13/h2-4H,1H3. The molecule has 0 aliphatic rings. The maximum Gasteiger partial charge on any atom is 0.330 e. The van der Waals surface area contributed by atoms with Crippen molar-refractivity contribution in [2.24, 2.45) is 0 Å². The summed E-state index contributed by atoms with van der Waals surface area (Å²) in [4.78, 5) is 19.4. The number of benzene rings is 1. The molecule has 7 nitrogen and oxygen atoms in total. The van der Waals surface area contributed by atoms with E-state index >= 15 is 0 Å². The van der Waals surface area contributed by atoms with E-state index in [2.05, 4.69) is 0 Å². The third-order valence-corrected chi connectivity index (χ3v) is 2.62. The van der Waals surface area contributed by atoms with Gasteiger partial charge in [-0.2, -0.15) is 0 Å². The Labute approximate surface area is 87.2 Å². The Kier molecular flexibility index (Phi) is 3.22. The van der Waals surface area contributed by atoms with Crippen LogP contribution in [0.4, 0.5) is 11.4 Å². The van der Waals surface area contributed by atoms with E-state index in [1.165, 1.54) is 6.26 Å². The topological polar surface area (TPSA) is 109 Å². The smallest absolute Gasteiger partial charge is 0.330 e. The molecule has 0 N–H and O–H groups in total. The zero-order valence-electron chi connectivity index (χ0n) is 7.58. The van der Waals surface area contributed by atoms with E-state index in [0.29, 0.717) is 0 Å². The van der Waals surface area contributed by atoms with Gasteiger partial charge in [-0.25, -0.2) is 0 Å². The fourth-order valence-electron chi connectivity index (χ4n) is 1.01. The molecule has 0 aromatic heterocycles. The van der Waals surface area contributed by atoms with Crippen molar-refractivity contribution in [2.45, 2.75) is 4.90 Å². The van der Waals surface area contributed by atoms with E-state index in [9.17, 15) is 24.8 Å². The Morgan fingerprint density at radius 3 is 2.20 bits per heavy atom. The second-order valence-electron chi connectivity index (χ2n) is 2.62. The highest BCUT2D eigenvalue weighted by atomic mass is 32.2. The summed E-state index contributed by atoms with van der Waals surface area (Å²) in [6.07, 6.45) is 1.27. The minimum Gasteiger partial charge on any atom is -0.611 e. The van der Waals surface area contributed by atoms with Gasteiger partial charge in [0.05, 0.1) is 15.9 Å². The van der Waals surface area contributed by atoms with E-state index < -0.39 is 32.4 Å². The first kappa shape index (κ1) is 11.4. The summed E-state index contributed by atoms with van der Waals surface area (Å²) in [5, 5.41) is 20.9. The van der Waals surface area contributed by atoms with Crippen LogP contribution in [-0.4, -0.2) is 20.7 Å². The van der Waals surface area contributed by atoms with Crippen LogP contribution in [-0.2, 0) is 11.2 Å². The number of hydrogen-bond acceptors (Lipinski definition) is 5.